The number of halogens is 8. The normalized spacial score (nSPS) is 10.5. The number of carbonyl (C=O) groups excluding carboxylic acids is 2. The Morgan fingerprint density at radius 2 is 0.522 bits per heavy atom. The summed E-state index contributed by atoms with van der Waals surface area (Å²) in [4.78, 5) is 35.3. The Morgan fingerprint density at radius 1 is 0.326 bits per heavy atom. The second-order valence-corrected chi connectivity index (χ2v) is 19.2. The molecule has 12 aromatic rings. The van der Waals surface area contributed by atoms with Gasteiger partial charge in [0.1, 0.15) is 22.8 Å². The van der Waals surface area contributed by atoms with E-state index in [2.05, 4.69) is 117 Å². The van der Waals surface area contributed by atoms with E-state index in [0.717, 1.165) is 59.4 Å². The average Bonchev–Trinajstić information content (AvgIpc) is 1.59. The van der Waals surface area contributed by atoms with Crippen LogP contribution in [0.2, 0.25) is 0 Å². The number of benzene rings is 4. The summed E-state index contributed by atoms with van der Waals surface area (Å²) in [5.74, 6) is -2.17. The minimum Gasteiger partial charge on any atom is -0.550 e. The van der Waals surface area contributed by atoms with Crippen LogP contribution >= 0.6 is 0 Å². The first-order chi connectivity index (χ1) is 43.1. The predicted octanol–water partition coefficient (Wildman–Crippen LogP) is 12.0. The first-order valence-electron chi connectivity index (χ1n) is 27.3. The summed E-state index contributed by atoms with van der Waals surface area (Å²) in [6, 6.07) is 66.0. The molecule has 0 saturated carbocycles. The topological polar surface area (TPSA) is 203 Å². The van der Waals surface area contributed by atoms with Crippen molar-refractivity contribution in [2.24, 2.45) is 0 Å². The molecule has 8 aromatic heterocycles. The molecule has 0 aliphatic rings. The number of aromatic nitrogens is 12. The molecule has 0 bridgehead atoms. The number of hydrogen-bond donors (Lipinski definition) is 0. The molecule has 0 aliphatic carbocycles. The van der Waals surface area contributed by atoms with E-state index in [0.29, 0.717) is 26.2 Å². The van der Waals surface area contributed by atoms with Crippen molar-refractivity contribution in [2.75, 3.05) is 0 Å². The van der Waals surface area contributed by atoms with E-state index >= 15 is 0 Å². The van der Waals surface area contributed by atoms with Crippen molar-refractivity contribution in [2.45, 2.75) is 40.0 Å². The molecule has 0 spiro atoms. The van der Waals surface area contributed by atoms with Gasteiger partial charge in [-0.3, -0.25) is 38.7 Å². The van der Waals surface area contributed by atoms with Crippen LogP contribution in [-0.4, -0.2) is 85.5 Å². The van der Waals surface area contributed by atoms with Crippen molar-refractivity contribution < 1.29 is 88.5 Å². The van der Waals surface area contributed by atoms with E-state index in [9.17, 15) is 34.5 Å². The van der Waals surface area contributed by atoms with E-state index in [1.54, 1.807) is 24.8 Å². The third-order valence-electron chi connectivity index (χ3n) is 12.0. The zero-order valence-corrected chi connectivity index (χ0v) is 50.6. The third kappa shape index (κ3) is 26.1. The molecule has 92 heavy (non-hydrogen) atoms. The van der Waals surface area contributed by atoms with Gasteiger partial charge in [0.25, 0.3) is 0 Å². The Kier molecular flexibility index (Phi) is 28.3. The summed E-state index contributed by atoms with van der Waals surface area (Å²) in [6.45, 7) is 4.74. The zero-order chi connectivity index (χ0) is 64.5. The second kappa shape index (κ2) is 35.9. The van der Waals surface area contributed by atoms with Gasteiger partial charge in [-0.1, -0.05) is 97.1 Å². The molecule has 0 fully saturated rings. The molecule has 0 atom stereocenters. The molecule has 0 aliphatic heterocycles. The van der Waals surface area contributed by atoms with Crippen molar-refractivity contribution in [1.29, 1.82) is 0 Å². The Hall–Kier alpha value is -10.1. The molecular formula is C64H54B2Cu2F8N12O4. The predicted molar refractivity (Wildman–Crippen MR) is 324 cm³/mol. The molecule has 2 radical (unpaired) electrons. The smallest absolute Gasteiger partial charge is 0.550 e. The Morgan fingerprint density at radius 3 is 0.696 bits per heavy atom. The summed E-state index contributed by atoms with van der Waals surface area (Å²) < 4.78 is 85.8. The maximum Gasteiger partial charge on any atom is 2.00 e. The fraction of sp³-hybridized carbons (Fsp3) is 0.0938. The Labute approximate surface area is 544 Å². The fourth-order valence-electron chi connectivity index (χ4n) is 8.55. The number of hydrogen-bond acceptors (Lipinski definition) is 12. The summed E-state index contributed by atoms with van der Waals surface area (Å²) in [6.07, 6.45) is 15.2. The van der Waals surface area contributed by atoms with E-state index in [1.165, 1.54) is 44.5 Å². The van der Waals surface area contributed by atoms with E-state index in [4.69, 9.17) is 40.2 Å². The van der Waals surface area contributed by atoms with Gasteiger partial charge in [-0.2, -0.15) is 20.4 Å². The SMILES string of the molecule is CC(=O)[O-].CC(=O)[O-].F[B-](F)(F)F.F[B-](F)(F)F.[Cu+2].[Cu+2].c1ccc(-c2ccn(Cc3cccc(-c4cccc(Cn5ccc(-c6ccccn6)n5)c4)c3)n2)nc1.c1ccc(-c2ccn(Cc3cccc(-c4cccc(Cn5ccc(-c6ccccn6)n5)c4)c3)n2)nc1. The average molecular weight is 1360 g/mol. The first kappa shape index (κ1) is 72.6. The first-order valence-corrected chi connectivity index (χ1v) is 27.3. The molecule has 0 unspecified atom stereocenters. The van der Waals surface area contributed by atoms with Crippen LogP contribution in [0.5, 0.6) is 0 Å². The maximum absolute atomic E-state index is 9.75. The molecule has 0 saturated heterocycles. The van der Waals surface area contributed by atoms with Gasteiger partial charge >= 0.3 is 48.6 Å². The van der Waals surface area contributed by atoms with Crippen LogP contribution in [0.1, 0.15) is 36.1 Å². The van der Waals surface area contributed by atoms with Crippen LogP contribution < -0.4 is 10.2 Å². The largest absolute Gasteiger partial charge is 2.00 e. The van der Waals surface area contributed by atoms with Gasteiger partial charge in [-0.15, -0.1) is 0 Å². The number of carboxylic acid groups (broad SMARTS) is 2. The molecule has 4 aromatic carbocycles. The number of aliphatic carboxylic acids is 2. The van der Waals surface area contributed by atoms with Gasteiger partial charge in [0, 0.05) is 61.5 Å². The molecular weight excluding hydrogens is 1300 g/mol. The van der Waals surface area contributed by atoms with E-state index < -0.39 is 26.4 Å². The summed E-state index contributed by atoms with van der Waals surface area (Å²) >= 11 is 0. The molecule has 478 valence electrons. The number of carboxylic acids is 2. The van der Waals surface area contributed by atoms with Gasteiger partial charge in [-0.05, 0) is 155 Å². The van der Waals surface area contributed by atoms with Gasteiger partial charge in [0.2, 0.25) is 0 Å². The molecule has 12 rings (SSSR count). The second-order valence-electron chi connectivity index (χ2n) is 19.2. The number of nitrogens with zero attached hydrogens (tertiary/aromatic N) is 12. The maximum atomic E-state index is 9.75. The third-order valence-corrected chi connectivity index (χ3v) is 12.0. The standard InChI is InChI=1S/2C30H24N6.2C2H4O2.2BF4.2Cu/c2*1-3-15-31-27(11-1)29-13-17-35(33-29)21-23-7-5-9-25(19-23)26-10-6-8-24(20-26)22-36-18-14-30(34-36)28-12-2-4-16-32-28;2*1-2(3)4;2*2-1(3,4)5;;/h2*1-20H,21-22H2;2*1H3,(H,3,4);;;;/q;;;;2*-1;2*+2/p-2. The van der Waals surface area contributed by atoms with Crippen LogP contribution in [0.3, 0.4) is 0 Å². The number of carbonyl (C=O) groups is 2. The van der Waals surface area contributed by atoms with E-state index in [1.807, 2.05) is 141 Å². The molecule has 16 nitrogen and oxygen atoms in total. The molecule has 8 heterocycles. The van der Waals surface area contributed by atoms with Crippen LogP contribution in [0.4, 0.5) is 34.5 Å². The number of rotatable bonds is 14. The monoisotopic (exact) mass is 1350 g/mol. The van der Waals surface area contributed by atoms with E-state index in [-0.39, 0.29) is 34.1 Å². The van der Waals surface area contributed by atoms with Crippen LogP contribution in [0.15, 0.2) is 244 Å². The minimum atomic E-state index is -6.00. The van der Waals surface area contributed by atoms with Gasteiger partial charge < -0.3 is 54.3 Å². The van der Waals surface area contributed by atoms with Crippen LogP contribution in [-0.2, 0) is 69.9 Å². The molecule has 0 amide bonds. The fourth-order valence-corrected chi connectivity index (χ4v) is 8.55. The van der Waals surface area contributed by atoms with Gasteiger partial charge in [-0.25, -0.2) is 0 Å². The van der Waals surface area contributed by atoms with Crippen molar-refractivity contribution in [3.63, 3.8) is 0 Å². The zero-order valence-electron chi connectivity index (χ0n) is 48.7. The van der Waals surface area contributed by atoms with Crippen molar-refractivity contribution in [3.8, 4) is 67.8 Å². The summed E-state index contributed by atoms with van der Waals surface area (Å²) in [7, 11) is -12.0. The molecule has 28 heteroatoms. The molecule has 0 N–H and O–H groups in total. The summed E-state index contributed by atoms with van der Waals surface area (Å²) in [5.41, 5.74) is 16.5. The van der Waals surface area contributed by atoms with Crippen LogP contribution in [0.25, 0.3) is 67.8 Å². The quantitative estimate of drug-likeness (QED) is 0.0737. The van der Waals surface area contributed by atoms with Crippen molar-refractivity contribution >= 4 is 26.4 Å². The van der Waals surface area contributed by atoms with Crippen molar-refractivity contribution in [3.05, 3.63) is 266 Å². The van der Waals surface area contributed by atoms with Crippen molar-refractivity contribution in [1.82, 2.24) is 59.1 Å². The summed E-state index contributed by atoms with van der Waals surface area (Å²) in [5, 5.41) is 36.6. The minimum absolute atomic E-state index is 0. The Bertz CT molecular complexity index is 3640. The van der Waals surface area contributed by atoms with Gasteiger partial charge in [0.15, 0.2) is 0 Å². The Balaban J connectivity index is 0.000000260. The number of pyridine rings is 4. The van der Waals surface area contributed by atoms with Crippen LogP contribution in [0, 0.1) is 0 Å². The van der Waals surface area contributed by atoms with Gasteiger partial charge in [0.05, 0.1) is 49.0 Å².